The van der Waals surface area contributed by atoms with E-state index in [1.807, 2.05) is 49.4 Å². The van der Waals surface area contributed by atoms with E-state index in [4.69, 9.17) is 9.47 Å². The Balaban J connectivity index is 1.65. The lowest BCUT2D eigenvalue weighted by atomic mass is 10.2. The van der Waals surface area contributed by atoms with Crippen LogP contribution in [0.25, 0.3) is 10.9 Å². The van der Waals surface area contributed by atoms with E-state index in [9.17, 15) is 4.79 Å². The highest BCUT2D eigenvalue weighted by Crippen LogP contribution is 2.34. The molecule has 0 N–H and O–H groups in total. The molecule has 2 heterocycles. The molecule has 0 radical (unpaired) electrons. The molecule has 0 saturated heterocycles. The Labute approximate surface area is 143 Å². The molecule has 4 rings (SSSR count). The van der Waals surface area contributed by atoms with Gasteiger partial charge in [0.2, 0.25) is 6.79 Å². The number of thioether (sulfide) groups is 1. The molecule has 24 heavy (non-hydrogen) atoms. The first kappa shape index (κ1) is 15.1. The fraction of sp³-hybridized carbons (Fsp3) is 0.222. The van der Waals surface area contributed by atoms with Gasteiger partial charge in [0.25, 0.3) is 5.56 Å². The molecular formula is C18H16N2O3S. The number of ether oxygens (including phenoxy) is 2. The van der Waals surface area contributed by atoms with Gasteiger partial charge in [-0.05, 0) is 36.8 Å². The Kier molecular flexibility index (Phi) is 3.90. The summed E-state index contributed by atoms with van der Waals surface area (Å²) in [6.45, 7) is 2.83. The summed E-state index contributed by atoms with van der Waals surface area (Å²) in [7, 11) is 0. The van der Waals surface area contributed by atoms with Crippen LogP contribution in [0, 0.1) is 0 Å². The SMILES string of the molecule is CCn1c(SCc2ccc3c(c2)OCO3)nc2ccccc2c1=O. The number of hydrogen-bond donors (Lipinski definition) is 0. The van der Waals surface area contributed by atoms with Crippen LogP contribution in [0.15, 0.2) is 52.4 Å². The minimum atomic E-state index is 0.0105. The number of nitrogens with zero attached hydrogens (tertiary/aromatic N) is 2. The lowest BCUT2D eigenvalue weighted by molar-refractivity contribution is 0.174. The van der Waals surface area contributed by atoms with Crippen molar-refractivity contribution in [1.82, 2.24) is 9.55 Å². The molecule has 0 amide bonds. The average Bonchev–Trinajstić information content (AvgIpc) is 3.08. The van der Waals surface area contributed by atoms with Gasteiger partial charge in [-0.1, -0.05) is 30.0 Å². The maximum absolute atomic E-state index is 12.6. The summed E-state index contributed by atoms with van der Waals surface area (Å²) < 4.78 is 12.5. The van der Waals surface area contributed by atoms with E-state index in [2.05, 4.69) is 4.98 Å². The molecule has 0 spiro atoms. The van der Waals surface area contributed by atoms with Gasteiger partial charge in [-0.15, -0.1) is 0 Å². The Morgan fingerprint density at radius 2 is 2.00 bits per heavy atom. The normalized spacial score (nSPS) is 12.7. The number of para-hydroxylation sites is 1. The first-order valence-electron chi connectivity index (χ1n) is 7.77. The monoisotopic (exact) mass is 340 g/mol. The molecule has 0 fully saturated rings. The van der Waals surface area contributed by atoms with E-state index in [0.717, 1.165) is 27.7 Å². The number of hydrogen-bond acceptors (Lipinski definition) is 5. The van der Waals surface area contributed by atoms with Crippen molar-refractivity contribution in [2.75, 3.05) is 6.79 Å². The van der Waals surface area contributed by atoms with Gasteiger partial charge in [0.05, 0.1) is 10.9 Å². The molecule has 0 bridgehead atoms. The molecule has 1 aliphatic rings. The van der Waals surface area contributed by atoms with Crippen molar-refractivity contribution >= 4 is 22.7 Å². The number of fused-ring (bicyclic) bond motifs is 2. The highest BCUT2D eigenvalue weighted by molar-refractivity contribution is 7.98. The summed E-state index contributed by atoms with van der Waals surface area (Å²) in [5, 5.41) is 1.39. The summed E-state index contributed by atoms with van der Waals surface area (Å²) in [6, 6.07) is 13.4. The van der Waals surface area contributed by atoms with Gasteiger partial charge in [-0.2, -0.15) is 0 Å². The standard InChI is InChI=1S/C18H16N2O3S/c1-2-20-17(21)13-5-3-4-6-14(13)19-18(20)24-10-12-7-8-15-16(9-12)23-11-22-15/h3-9H,2,10-11H2,1H3. The lowest BCUT2D eigenvalue weighted by Gasteiger charge is -2.11. The van der Waals surface area contributed by atoms with Gasteiger partial charge in [0, 0.05) is 12.3 Å². The maximum atomic E-state index is 12.6. The minimum absolute atomic E-state index is 0.0105. The second-order valence-electron chi connectivity index (χ2n) is 5.44. The Morgan fingerprint density at radius 1 is 1.17 bits per heavy atom. The Bertz CT molecular complexity index is 968. The molecular weight excluding hydrogens is 324 g/mol. The molecule has 0 saturated carbocycles. The molecule has 5 nitrogen and oxygen atoms in total. The molecule has 0 aliphatic carbocycles. The van der Waals surface area contributed by atoms with E-state index in [-0.39, 0.29) is 12.4 Å². The zero-order valence-electron chi connectivity index (χ0n) is 13.2. The van der Waals surface area contributed by atoms with Gasteiger partial charge in [-0.3, -0.25) is 9.36 Å². The Hall–Kier alpha value is -2.47. The van der Waals surface area contributed by atoms with Crippen LogP contribution < -0.4 is 15.0 Å². The summed E-state index contributed by atoms with van der Waals surface area (Å²) in [5.41, 5.74) is 1.85. The predicted molar refractivity (Wildman–Crippen MR) is 93.8 cm³/mol. The van der Waals surface area contributed by atoms with Gasteiger partial charge >= 0.3 is 0 Å². The number of aromatic nitrogens is 2. The third kappa shape index (κ3) is 2.63. The summed E-state index contributed by atoms with van der Waals surface area (Å²) >= 11 is 1.55. The summed E-state index contributed by atoms with van der Waals surface area (Å²) in [4.78, 5) is 17.3. The highest BCUT2D eigenvalue weighted by atomic mass is 32.2. The van der Waals surface area contributed by atoms with Crippen molar-refractivity contribution in [1.29, 1.82) is 0 Å². The third-order valence-electron chi connectivity index (χ3n) is 3.95. The fourth-order valence-corrected chi connectivity index (χ4v) is 3.72. The van der Waals surface area contributed by atoms with E-state index >= 15 is 0 Å². The zero-order valence-corrected chi connectivity index (χ0v) is 14.0. The van der Waals surface area contributed by atoms with Crippen LogP contribution in [-0.4, -0.2) is 16.3 Å². The molecule has 1 aliphatic heterocycles. The summed E-state index contributed by atoms with van der Waals surface area (Å²) in [5.74, 6) is 2.26. The Morgan fingerprint density at radius 3 is 2.88 bits per heavy atom. The van der Waals surface area contributed by atoms with E-state index < -0.39 is 0 Å². The van der Waals surface area contributed by atoms with Crippen LogP contribution in [0.2, 0.25) is 0 Å². The van der Waals surface area contributed by atoms with Crippen molar-refractivity contribution in [2.45, 2.75) is 24.4 Å². The largest absolute Gasteiger partial charge is 0.454 e. The van der Waals surface area contributed by atoms with Crippen molar-refractivity contribution in [3.8, 4) is 11.5 Å². The lowest BCUT2D eigenvalue weighted by Crippen LogP contribution is -2.22. The van der Waals surface area contributed by atoms with Crippen molar-refractivity contribution < 1.29 is 9.47 Å². The van der Waals surface area contributed by atoms with Crippen molar-refractivity contribution in [3.05, 3.63) is 58.4 Å². The number of rotatable bonds is 4. The summed E-state index contributed by atoms with van der Waals surface area (Å²) in [6.07, 6.45) is 0. The van der Waals surface area contributed by atoms with Crippen molar-refractivity contribution in [2.24, 2.45) is 0 Å². The van der Waals surface area contributed by atoms with E-state index in [1.54, 1.807) is 16.3 Å². The fourth-order valence-electron chi connectivity index (χ4n) is 2.72. The molecule has 6 heteroatoms. The molecule has 1 aromatic heterocycles. The van der Waals surface area contributed by atoms with Gasteiger partial charge in [-0.25, -0.2) is 4.98 Å². The topological polar surface area (TPSA) is 53.4 Å². The quantitative estimate of drug-likeness (QED) is 0.538. The van der Waals surface area contributed by atoms with Gasteiger partial charge in [0.15, 0.2) is 16.7 Å². The van der Waals surface area contributed by atoms with E-state index in [1.165, 1.54) is 0 Å². The predicted octanol–water partition coefficient (Wildman–Crippen LogP) is 3.44. The van der Waals surface area contributed by atoms with Crippen LogP contribution in [0.1, 0.15) is 12.5 Å². The van der Waals surface area contributed by atoms with Crippen LogP contribution >= 0.6 is 11.8 Å². The first-order chi connectivity index (χ1) is 11.8. The van der Waals surface area contributed by atoms with Crippen LogP contribution in [0.4, 0.5) is 0 Å². The zero-order chi connectivity index (χ0) is 16.5. The van der Waals surface area contributed by atoms with E-state index in [0.29, 0.717) is 17.7 Å². The maximum Gasteiger partial charge on any atom is 0.262 e. The van der Waals surface area contributed by atoms with Crippen molar-refractivity contribution in [3.63, 3.8) is 0 Å². The third-order valence-corrected chi connectivity index (χ3v) is 5.00. The van der Waals surface area contributed by atoms with Crippen LogP contribution in [-0.2, 0) is 12.3 Å². The average molecular weight is 340 g/mol. The molecule has 0 atom stereocenters. The van der Waals surface area contributed by atoms with Gasteiger partial charge in [0.1, 0.15) is 0 Å². The highest BCUT2D eigenvalue weighted by Gasteiger charge is 2.14. The second kappa shape index (κ2) is 6.20. The second-order valence-corrected chi connectivity index (χ2v) is 6.38. The molecule has 3 aromatic rings. The van der Waals surface area contributed by atoms with Gasteiger partial charge < -0.3 is 9.47 Å². The van der Waals surface area contributed by atoms with Crippen LogP contribution in [0.5, 0.6) is 11.5 Å². The smallest absolute Gasteiger partial charge is 0.262 e. The minimum Gasteiger partial charge on any atom is -0.454 e. The number of benzene rings is 2. The molecule has 122 valence electrons. The first-order valence-corrected chi connectivity index (χ1v) is 8.75. The van der Waals surface area contributed by atoms with Crippen LogP contribution in [0.3, 0.4) is 0 Å². The molecule has 0 unspecified atom stereocenters. The molecule has 2 aromatic carbocycles.